The van der Waals surface area contributed by atoms with Crippen molar-refractivity contribution in [3.63, 3.8) is 0 Å². The fourth-order valence-electron chi connectivity index (χ4n) is 1.34. The largest absolute Gasteiger partial charge is 0.294 e. The molecule has 0 saturated carbocycles. The zero-order chi connectivity index (χ0) is 8.72. The first kappa shape index (κ1) is 6.97. The summed E-state index contributed by atoms with van der Waals surface area (Å²) < 4.78 is 0. The molecule has 0 saturated heterocycles. The van der Waals surface area contributed by atoms with Gasteiger partial charge < -0.3 is 0 Å². The molecule has 0 aromatic heterocycles. The van der Waals surface area contributed by atoms with Crippen LogP contribution in [0.5, 0.6) is 0 Å². The number of hydrogen-bond donors (Lipinski definition) is 0. The van der Waals surface area contributed by atoms with Gasteiger partial charge in [0.2, 0.25) is 0 Å². The van der Waals surface area contributed by atoms with E-state index in [1.807, 2.05) is 0 Å². The van der Waals surface area contributed by atoms with Crippen molar-refractivity contribution in [1.29, 1.82) is 0 Å². The van der Waals surface area contributed by atoms with Crippen LogP contribution in [0.3, 0.4) is 0 Å². The van der Waals surface area contributed by atoms with E-state index < -0.39 is 4.92 Å². The molecule has 0 N–H and O–H groups in total. The molecule has 12 heavy (non-hydrogen) atoms. The van der Waals surface area contributed by atoms with Crippen molar-refractivity contribution in [3.8, 4) is 0 Å². The maximum Gasteiger partial charge on any atom is 0.273 e. The Morgan fingerprint density at radius 1 is 1.42 bits per heavy atom. The zero-order valence-corrected chi connectivity index (χ0v) is 6.11. The van der Waals surface area contributed by atoms with E-state index in [2.05, 4.69) is 0 Å². The summed E-state index contributed by atoms with van der Waals surface area (Å²) in [4.78, 5) is 20.8. The topological polar surface area (TPSA) is 60.2 Å². The van der Waals surface area contributed by atoms with Gasteiger partial charge in [-0.15, -0.1) is 0 Å². The molecular formula is C8H5NO3. The highest BCUT2D eigenvalue weighted by Gasteiger charge is 2.30. The smallest absolute Gasteiger partial charge is 0.273 e. The molecule has 0 radical (unpaired) electrons. The summed E-state index contributed by atoms with van der Waals surface area (Å²) in [5.41, 5.74) is 1.14. The van der Waals surface area contributed by atoms with Crippen molar-refractivity contribution in [3.05, 3.63) is 39.4 Å². The average Bonchev–Trinajstić information content (AvgIpc) is 2.02. The summed E-state index contributed by atoms with van der Waals surface area (Å²) in [6.07, 6.45) is 0.215. The van der Waals surface area contributed by atoms with Crippen LogP contribution in [-0.4, -0.2) is 10.7 Å². The predicted octanol–water partition coefficient (Wildman–Crippen LogP) is 1.33. The van der Waals surface area contributed by atoms with Crippen molar-refractivity contribution in [2.24, 2.45) is 0 Å². The molecule has 0 amide bonds. The standard InChI is InChI=1S/C8H5NO3/c10-8-4-6-5(8)2-1-3-7(6)9(11)12/h1-3H,4H2. The maximum atomic E-state index is 10.9. The van der Waals surface area contributed by atoms with E-state index in [0.29, 0.717) is 11.1 Å². The van der Waals surface area contributed by atoms with Gasteiger partial charge in [-0.1, -0.05) is 12.1 Å². The van der Waals surface area contributed by atoms with Crippen LogP contribution < -0.4 is 0 Å². The van der Waals surface area contributed by atoms with Gasteiger partial charge in [0.15, 0.2) is 5.78 Å². The summed E-state index contributed by atoms with van der Waals surface area (Å²) in [6, 6.07) is 4.58. The van der Waals surface area contributed by atoms with E-state index in [1.54, 1.807) is 6.07 Å². The van der Waals surface area contributed by atoms with E-state index in [-0.39, 0.29) is 17.9 Å². The van der Waals surface area contributed by atoms with Crippen molar-refractivity contribution in [2.75, 3.05) is 0 Å². The Labute approximate surface area is 68.0 Å². The highest BCUT2D eigenvalue weighted by Crippen LogP contribution is 2.30. The fourth-order valence-corrected chi connectivity index (χ4v) is 1.34. The van der Waals surface area contributed by atoms with Gasteiger partial charge >= 0.3 is 0 Å². The molecule has 2 rings (SSSR count). The summed E-state index contributed by atoms with van der Waals surface area (Å²) in [7, 11) is 0. The molecular weight excluding hydrogens is 158 g/mol. The van der Waals surface area contributed by atoms with E-state index in [4.69, 9.17) is 0 Å². The predicted molar refractivity (Wildman–Crippen MR) is 41.1 cm³/mol. The van der Waals surface area contributed by atoms with Gasteiger partial charge in [0.05, 0.1) is 4.92 Å². The van der Waals surface area contributed by atoms with Crippen LogP contribution in [-0.2, 0) is 6.42 Å². The second kappa shape index (κ2) is 2.14. The molecule has 0 unspecified atom stereocenters. The monoisotopic (exact) mass is 163 g/mol. The lowest BCUT2D eigenvalue weighted by Gasteiger charge is -2.15. The SMILES string of the molecule is O=C1Cc2c1cccc2[N+](=O)[O-]. The third-order valence-corrected chi connectivity index (χ3v) is 1.99. The number of Topliss-reactive ketones (excluding diaryl/α,β-unsaturated/α-hetero) is 1. The first-order valence-corrected chi connectivity index (χ1v) is 3.49. The quantitative estimate of drug-likeness (QED) is 0.463. The first-order valence-electron chi connectivity index (χ1n) is 3.49. The molecule has 4 heteroatoms. The van der Waals surface area contributed by atoms with Crippen LogP contribution >= 0.6 is 0 Å². The number of hydrogen-bond acceptors (Lipinski definition) is 3. The summed E-state index contributed by atoms with van der Waals surface area (Å²) in [5, 5.41) is 10.4. The van der Waals surface area contributed by atoms with Gasteiger partial charge in [-0.2, -0.15) is 0 Å². The van der Waals surface area contributed by atoms with Crippen LogP contribution in [0.15, 0.2) is 18.2 Å². The number of fused-ring (bicyclic) bond motifs is 1. The van der Waals surface area contributed by atoms with Gasteiger partial charge in [-0.3, -0.25) is 14.9 Å². The number of rotatable bonds is 1. The Hall–Kier alpha value is -1.71. The maximum absolute atomic E-state index is 10.9. The molecule has 0 atom stereocenters. The van der Waals surface area contributed by atoms with Gasteiger partial charge in [0, 0.05) is 23.6 Å². The molecule has 0 aliphatic heterocycles. The molecule has 1 aromatic rings. The molecule has 1 aliphatic carbocycles. The number of carbonyl (C=O) groups is 1. The molecule has 0 heterocycles. The number of ketones is 1. The van der Waals surface area contributed by atoms with Gasteiger partial charge in [-0.05, 0) is 0 Å². The zero-order valence-electron chi connectivity index (χ0n) is 6.11. The minimum atomic E-state index is -0.453. The lowest BCUT2D eigenvalue weighted by Crippen LogP contribution is -2.20. The Bertz CT molecular complexity index is 384. The van der Waals surface area contributed by atoms with Crippen LogP contribution in [0.2, 0.25) is 0 Å². The third-order valence-electron chi connectivity index (χ3n) is 1.99. The number of carbonyl (C=O) groups excluding carboxylic acids is 1. The van der Waals surface area contributed by atoms with Crippen LogP contribution in [0.25, 0.3) is 0 Å². The lowest BCUT2D eigenvalue weighted by atomic mass is 9.86. The molecule has 0 bridgehead atoms. The average molecular weight is 163 g/mol. The first-order chi connectivity index (χ1) is 5.70. The van der Waals surface area contributed by atoms with Crippen LogP contribution in [0.4, 0.5) is 5.69 Å². The van der Waals surface area contributed by atoms with E-state index in [9.17, 15) is 14.9 Å². The second-order valence-corrected chi connectivity index (χ2v) is 2.66. The van der Waals surface area contributed by atoms with E-state index in [0.717, 1.165) is 0 Å². The second-order valence-electron chi connectivity index (χ2n) is 2.66. The van der Waals surface area contributed by atoms with Crippen molar-refractivity contribution in [2.45, 2.75) is 6.42 Å². The normalized spacial score (nSPS) is 13.5. The number of benzene rings is 1. The molecule has 1 aliphatic rings. The van der Waals surface area contributed by atoms with E-state index >= 15 is 0 Å². The molecule has 1 aromatic carbocycles. The fraction of sp³-hybridized carbons (Fsp3) is 0.125. The summed E-state index contributed by atoms with van der Waals surface area (Å²) in [6.45, 7) is 0. The highest BCUT2D eigenvalue weighted by atomic mass is 16.6. The van der Waals surface area contributed by atoms with Gasteiger partial charge in [-0.25, -0.2) is 0 Å². The molecule has 0 fully saturated rings. The highest BCUT2D eigenvalue weighted by molar-refractivity contribution is 6.08. The van der Waals surface area contributed by atoms with Gasteiger partial charge in [0.1, 0.15) is 0 Å². The number of nitro benzene ring substituents is 1. The number of nitrogens with zero attached hydrogens (tertiary/aromatic N) is 1. The van der Waals surface area contributed by atoms with Crippen molar-refractivity contribution < 1.29 is 9.72 Å². The molecule has 0 spiro atoms. The van der Waals surface area contributed by atoms with Gasteiger partial charge in [0.25, 0.3) is 5.69 Å². The minimum Gasteiger partial charge on any atom is -0.294 e. The van der Waals surface area contributed by atoms with E-state index in [1.165, 1.54) is 12.1 Å². The molecule has 4 nitrogen and oxygen atoms in total. The van der Waals surface area contributed by atoms with Crippen molar-refractivity contribution >= 4 is 11.5 Å². The summed E-state index contributed by atoms with van der Waals surface area (Å²) >= 11 is 0. The van der Waals surface area contributed by atoms with Crippen molar-refractivity contribution in [1.82, 2.24) is 0 Å². The van der Waals surface area contributed by atoms with Crippen LogP contribution in [0, 0.1) is 10.1 Å². The van der Waals surface area contributed by atoms with Crippen LogP contribution in [0.1, 0.15) is 15.9 Å². The Kier molecular flexibility index (Phi) is 1.24. The Balaban J connectivity index is 2.60. The lowest BCUT2D eigenvalue weighted by molar-refractivity contribution is -0.385. The molecule has 60 valence electrons. The number of nitro groups is 1. The third kappa shape index (κ3) is 0.747. The Morgan fingerprint density at radius 2 is 2.17 bits per heavy atom. The summed E-state index contributed by atoms with van der Waals surface area (Å²) in [5.74, 6) is -0.00583. The Morgan fingerprint density at radius 3 is 2.75 bits per heavy atom. The minimum absolute atomic E-state index is 0.00583.